The molecular weight excluding hydrogens is 386 g/mol. The molecule has 3 aromatic heterocycles. The first-order chi connectivity index (χ1) is 15.2. The number of benzene rings is 1. The number of nitrogens with one attached hydrogen (secondary N) is 1. The van der Waals surface area contributed by atoms with Crippen molar-refractivity contribution in [1.82, 2.24) is 25.1 Å². The molecule has 4 aromatic rings. The minimum atomic E-state index is 0.120. The molecule has 1 N–H and O–H groups in total. The van der Waals surface area contributed by atoms with Gasteiger partial charge in [-0.15, -0.1) is 0 Å². The largest absolute Gasteiger partial charge is 0.299 e. The normalized spacial score (nSPS) is 15.4. The number of aromatic amines is 1. The van der Waals surface area contributed by atoms with Crippen LogP contribution < -0.4 is 0 Å². The smallest absolute Gasteiger partial charge is 0.142 e. The van der Waals surface area contributed by atoms with Gasteiger partial charge in [0.1, 0.15) is 5.78 Å². The van der Waals surface area contributed by atoms with Gasteiger partial charge in [0.2, 0.25) is 0 Å². The molecule has 0 bridgehead atoms. The van der Waals surface area contributed by atoms with Crippen molar-refractivity contribution in [1.29, 1.82) is 0 Å². The summed E-state index contributed by atoms with van der Waals surface area (Å²) in [7, 11) is 0. The van der Waals surface area contributed by atoms with Gasteiger partial charge >= 0.3 is 0 Å². The highest BCUT2D eigenvalue weighted by atomic mass is 16.1. The Morgan fingerprint density at radius 3 is 2.65 bits per heavy atom. The molecule has 0 spiro atoms. The molecule has 6 heteroatoms. The number of Topliss-reactive ketones (excluding diaryl/α,β-unsaturated/α-hetero) is 1. The Morgan fingerprint density at radius 1 is 0.968 bits per heavy atom. The van der Waals surface area contributed by atoms with E-state index in [0.717, 1.165) is 65.8 Å². The van der Waals surface area contributed by atoms with Gasteiger partial charge < -0.3 is 0 Å². The number of fused-ring (bicyclic) bond motifs is 1. The molecule has 6 nitrogen and oxygen atoms in total. The lowest BCUT2D eigenvalue weighted by molar-refractivity contribution is -0.123. The summed E-state index contributed by atoms with van der Waals surface area (Å²) in [5.74, 6) is 0.421. The van der Waals surface area contributed by atoms with Gasteiger partial charge in [-0.1, -0.05) is 18.2 Å². The summed E-state index contributed by atoms with van der Waals surface area (Å²) in [5.41, 5.74) is 4.08. The summed E-state index contributed by atoms with van der Waals surface area (Å²) >= 11 is 0. The number of hydrogen-bond donors (Lipinski definition) is 1. The lowest BCUT2D eigenvalue weighted by Gasteiger charge is -2.30. The van der Waals surface area contributed by atoms with Crippen LogP contribution in [0.1, 0.15) is 24.2 Å². The molecule has 1 aliphatic rings. The average Bonchev–Trinajstić information content (AvgIpc) is 3.35. The second kappa shape index (κ2) is 8.78. The number of rotatable bonds is 6. The maximum Gasteiger partial charge on any atom is 0.142 e. The monoisotopic (exact) mass is 411 g/mol. The molecule has 31 heavy (non-hydrogen) atoms. The lowest BCUT2D eigenvalue weighted by Crippen LogP contribution is -2.36. The van der Waals surface area contributed by atoms with Crippen LogP contribution in [0.2, 0.25) is 0 Å². The minimum absolute atomic E-state index is 0.120. The van der Waals surface area contributed by atoms with Crippen molar-refractivity contribution < 1.29 is 4.79 Å². The Labute approximate surface area is 181 Å². The van der Waals surface area contributed by atoms with Crippen LogP contribution in [-0.4, -0.2) is 43.9 Å². The van der Waals surface area contributed by atoms with Crippen molar-refractivity contribution in [2.24, 2.45) is 5.92 Å². The van der Waals surface area contributed by atoms with E-state index in [1.807, 2.05) is 43.0 Å². The Balaban J connectivity index is 1.22. The lowest BCUT2D eigenvalue weighted by atomic mass is 9.90. The summed E-state index contributed by atoms with van der Waals surface area (Å²) < 4.78 is 0. The molecule has 1 saturated heterocycles. The summed E-state index contributed by atoms with van der Waals surface area (Å²) in [5, 5.41) is 9.05. The minimum Gasteiger partial charge on any atom is -0.299 e. The fraction of sp³-hybridized carbons (Fsp3) is 0.280. The van der Waals surface area contributed by atoms with Crippen LogP contribution in [0.25, 0.3) is 21.9 Å². The second-order valence-electron chi connectivity index (χ2n) is 8.24. The number of carbonyl (C=O) groups excluding carboxylic acids is 1. The van der Waals surface area contributed by atoms with Gasteiger partial charge in [0.05, 0.1) is 11.9 Å². The van der Waals surface area contributed by atoms with Crippen LogP contribution in [0.5, 0.6) is 0 Å². The number of likely N-dealkylation sites (tertiary alicyclic amines) is 1. The Hall–Kier alpha value is -3.38. The van der Waals surface area contributed by atoms with E-state index in [4.69, 9.17) is 0 Å². The zero-order chi connectivity index (χ0) is 21.0. The summed E-state index contributed by atoms with van der Waals surface area (Å²) in [4.78, 5) is 24.3. The molecule has 156 valence electrons. The molecule has 0 saturated carbocycles. The highest BCUT2D eigenvalue weighted by molar-refractivity contribution is 5.88. The number of hydrogen-bond acceptors (Lipinski definition) is 5. The van der Waals surface area contributed by atoms with Crippen LogP contribution in [0.15, 0.2) is 67.3 Å². The summed E-state index contributed by atoms with van der Waals surface area (Å²) in [6.45, 7) is 2.73. The first kappa shape index (κ1) is 19.6. The zero-order valence-corrected chi connectivity index (χ0v) is 17.4. The maximum absolute atomic E-state index is 12.9. The van der Waals surface area contributed by atoms with E-state index in [1.165, 1.54) is 0 Å². The first-order valence-electron chi connectivity index (χ1n) is 10.8. The van der Waals surface area contributed by atoms with Crippen molar-refractivity contribution in [3.05, 3.63) is 78.6 Å². The predicted molar refractivity (Wildman–Crippen MR) is 120 cm³/mol. The first-order valence-corrected chi connectivity index (χ1v) is 10.8. The summed E-state index contributed by atoms with van der Waals surface area (Å²) in [6.07, 6.45) is 9.61. The average molecular weight is 412 g/mol. The third kappa shape index (κ3) is 4.54. The number of nitrogens with zero attached hydrogens (tertiary/aromatic N) is 4. The van der Waals surface area contributed by atoms with Crippen molar-refractivity contribution >= 4 is 16.6 Å². The molecule has 0 unspecified atom stereocenters. The number of ketones is 1. The molecule has 0 amide bonds. The van der Waals surface area contributed by atoms with Crippen molar-refractivity contribution in [3.63, 3.8) is 0 Å². The van der Waals surface area contributed by atoms with Gasteiger partial charge in [-0.3, -0.25) is 24.8 Å². The Kier molecular flexibility index (Phi) is 5.54. The van der Waals surface area contributed by atoms with Crippen LogP contribution in [0, 0.1) is 5.92 Å². The third-order valence-electron chi connectivity index (χ3n) is 6.12. The molecule has 1 fully saturated rings. The fourth-order valence-corrected chi connectivity index (χ4v) is 4.33. The quantitative estimate of drug-likeness (QED) is 0.518. The molecule has 1 aliphatic heterocycles. The predicted octanol–water partition coefficient (Wildman–Crippen LogP) is 4.04. The van der Waals surface area contributed by atoms with Gasteiger partial charge in [-0.25, -0.2) is 0 Å². The SMILES string of the molecule is O=C(Cc1cc2cc(-c3cn[nH]c3)ccc2cn1)C1CCN(Cc2ccccn2)CC1. The van der Waals surface area contributed by atoms with E-state index in [-0.39, 0.29) is 5.92 Å². The number of pyridine rings is 2. The van der Waals surface area contributed by atoms with E-state index < -0.39 is 0 Å². The van der Waals surface area contributed by atoms with E-state index >= 15 is 0 Å². The second-order valence-corrected chi connectivity index (χ2v) is 8.24. The van der Waals surface area contributed by atoms with Gasteiger partial charge in [0, 0.05) is 54.1 Å². The third-order valence-corrected chi connectivity index (χ3v) is 6.12. The van der Waals surface area contributed by atoms with Gasteiger partial charge in [-0.2, -0.15) is 5.10 Å². The van der Waals surface area contributed by atoms with E-state index in [2.05, 4.69) is 49.3 Å². The van der Waals surface area contributed by atoms with Crippen molar-refractivity contribution in [3.8, 4) is 11.1 Å². The number of H-pyrrole nitrogens is 1. The number of piperidine rings is 1. The maximum atomic E-state index is 12.9. The van der Waals surface area contributed by atoms with Crippen LogP contribution in [0.3, 0.4) is 0 Å². The molecule has 5 rings (SSSR count). The Bertz CT molecular complexity index is 1170. The Morgan fingerprint density at radius 2 is 1.87 bits per heavy atom. The van der Waals surface area contributed by atoms with Crippen molar-refractivity contribution in [2.45, 2.75) is 25.8 Å². The fourth-order valence-electron chi connectivity index (χ4n) is 4.33. The van der Waals surface area contributed by atoms with E-state index in [1.54, 1.807) is 0 Å². The van der Waals surface area contributed by atoms with Crippen LogP contribution in [-0.2, 0) is 17.8 Å². The number of aromatic nitrogens is 4. The molecule has 1 aromatic carbocycles. The molecule has 0 radical (unpaired) electrons. The van der Waals surface area contributed by atoms with Gasteiger partial charge in [0.25, 0.3) is 0 Å². The van der Waals surface area contributed by atoms with E-state index in [0.29, 0.717) is 12.2 Å². The van der Waals surface area contributed by atoms with Crippen LogP contribution in [0.4, 0.5) is 0 Å². The zero-order valence-electron chi connectivity index (χ0n) is 17.4. The van der Waals surface area contributed by atoms with Gasteiger partial charge in [0.15, 0.2) is 0 Å². The highest BCUT2D eigenvalue weighted by Crippen LogP contribution is 2.25. The molecular formula is C25H25N5O. The van der Waals surface area contributed by atoms with E-state index in [9.17, 15) is 4.79 Å². The van der Waals surface area contributed by atoms with Gasteiger partial charge in [-0.05, 0) is 61.1 Å². The topological polar surface area (TPSA) is 74.8 Å². The molecule has 0 aliphatic carbocycles. The van der Waals surface area contributed by atoms with Crippen molar-refractivity contribution in [2.75, 3.05) is 13.1 Å². The molecule has 0 atom stereocenters. The standard InChI is InChI=1S/C25H25N5O/c31-25(18-6-9-30(10-7-18)17-23-3-1-2-8-26-23)13-24-12-21-11-19(22-15-28-29-16-22)4-5-20(21)14-27-24/h1-5,8,11-12,14-16,18H,6-7,9-10,13,17H2,(H,28,29). The highest BCUT2D eigenvalue weighted by Gasteiger charge is 2.25. The summed E-state index contributed by atoms with van der Waals surface area (Å²) in [6, 6.07) is 14.3. The number of carbonyl (C=O) groups is 1. The van der Waals surface area contributed by atoms with Crippen LogP contribution >= 0.6 is 0 Å². The molecule has 4 heterocycles.